The molecule has 0 spiro atoms. The second kappa shape index (κ2) is 13.1. The maximum Gasteiger partial charge on any atom is 0.242 e. The van der Waals surface area contributed by atoms with E-state index in [2.05, 4.69) is 15.5 Å². The zero-order valence-electron chi connectivity index (χ0n) is 22.7. The third-order valence-corrected chi connectivity index (χ3v) is 7.50. The van der Waals surface area contributed by atoms with Gasteiger partial charge in [0.2, 0.25) is 11.8 Å². The van der Waals surface area contributed by atoms with Gasteiger partial charge >= 0.3 is 0 Å². The van der Waals surface area contributed by atoms with Gasteiger partial charge in [-0.1, -0.05) is 60.3 Å². The fraction of sp³-hybridized carbons (Fsp3) is 0.156. The largest absolute Gasteiger partial charge is 0.496 e. The number of hydrogen-bond donors (Lipinski definition) is 1. The summed E-state index contributed by atoms with van der Waals surface area (Å²) in [5, 5.41) is 11.3. The quantitative estimate of drug-likeness (QED) is 0.212. The van der Waals surface area contributed by atoms with Gasteiger partial charge in [0.05, 0.1) is 30.7 Å². The Morgan fingerprint density at radius 2 is 1.56 bits per heavy atom. The lowest BCUT2D eigenvalue weighted by Gasteiger charge is -2.18. The van der Waals surface area contributed by atoms with Crippen molar-refractivity contribution in [2.45, 2.75) is 25.1 Å². The highest BCUT2D eigenvalue weighted by Crippen LogP contribution is 2.34. The first-order valence-electron chi connectivity index (χ1n) is 13.1. The maximum atomic E-state index is 13.6. The Morgan fingerprint density at radius 1 is 0.878 bits per heavy atom. The Kier molecular flexibility index (Phi) is 8.85. The molecule has 41 heavy (non-hydrogen) atoms. The van der Waals surface area contributed by atoms with Crippen molar-refractivity contribution in [3.63, 3.8) is 0 Å². The Bertz CT molecular complexity index is 1590. The van der Waals surface area contributed by atoms with Gasteiger partial charge in [0, 0.05) is 17.7 Å². The van der Waals surface area contributed by atoms with E-state index in [0.717, 1.165) is 22.5 Å². The lowest BCUT2D eigenvalue weighted by molar-refractivity contribution is -0.128. The third kappa shape index (κ3) is 7.26. The minimum atomic E-state index is -0.604. The van der Waals surface area contributed by atoms with Gasteiger partial charge in [-0.3, -0.25) is 14.5 Å². The van der Waals surface area contributed by atoms with Crippen molar-refractivity contribution in [3.8, 4) is 5.75 Å². The van der Waals surface area contributed by atoms with Gasteiger partial charge < -0.3 is 10.1 Å². The summed E-state index contributed by atoms with van der Waals surface area (Å²) in [6.45, 7) is 2.28. The highest BCUT2D eigenvalue weighted by atomic mass is 32.2. The highest BCUT2D eigenvalue weighted by Gasteiger charge is 2.39. The van der Waals surface area contributed by atoms with E-state index < -0.39 is 5.25 Å². The molecule has 4 aromatic rings. The molecule has 0 saturated carbocycles. The zero-order valence-corrected chi connectivity index (χ0v) is 23.5. The highest BCUT2D eigenvalue weighted by molar-refractivity contribution is 8.15. The Morgan fingerprint density at radius 3 is 2.29 bits per heavy atom. The van der Waals surface area contributed by atoms with Gasteiger partial charge in [-0.25, -0.2) is 4.99 Å². The number of methoxy groups -OCH3 is 1. The van der Waals surface area contributed by atoms with Gasteiger partial charge in [0.25, 0.3) is 0 Å². The van der Waals surface area contributed by atoms with Crippen LogP contribution < -0.4 is 10.1 Å². The van der Waals surface area contributed by atoms with Crippen molar-refractivity contribution in [2.75, 3.05) is 12.4 Å². The van der Waals surface area contributed by atoms with E-state index in [4.69, 9.17) is 9.73 Å². The molecule has 0 bridgehead atoms. The van der Waals surface area contributed by atoms with Crippen molar-refractivity contribution in [3.05, 3.63) is 114 Å². The summed E-state index contributed by atoms with van der Waals surface area (Å²) in [6.07, 6.45) is 0.00816. The van der Waals surface area contributed by atoms with E-state index in [0.29, 0.717) is 22.3 Å². The summed E-state index contributed by atoms with van der Waals surface area (Å²) < 4.78 is 5.50. The molecule has 1 N–H and O–H groups in total. The minimum absolute atomic E-state index is 0.00816. The molecular weight excluding hydrogens is 534 g/mol. The number of thioether (sulfide) groups is 1. The first-order chi connectivity index (χ1) is 20.0. The molecule has 9 heteroatoms. The van der Waals surface area contributed by atoms with Gasteiger partial charge in [-0.15, -0.1) is 0 Å². The number of benzene rings is 4. The van der Waals surface area contributed by atoms with E-state index in [9.17, 15) is 9.59 Å². The number of hydrogen-bond acceptors (Lipinski definition) is 7. The van der Waals surface area contributed by atoms with E-state index in [1.807, 2.05) is 85.8 Å². The average molecular weight is 564 g/mol. The van der Waals surface area contributed by atoms with Crippen molar-refractivity contribution < 1.29 is 14.3 Å². The number of amides is 2. The van der Waals surface area contributed by atoms with Crippen LogP contribution in [0.2, 0.25) is 0 Å². The number of carbonyl (C=O) groups is 2. The van der Waals surface area contributed by atoms with Crippen LogP contribution >= 0.6 is 11.8 Å². The molecule has 1 aliphatic rings. The fourth-order valence-corrected chi connectivity index (χ4v) is 5.44. The molecule has 1 atom stereocenters. The van der Waals surface area contributed by atoms with Crippen molar-refractivity contribution in [2.24, 2.45) is 15.2 Å². The molecule has 0 aliphatic carbocycles. The molecule has 1 saturated heterocycles. The summed E-state index contributed by atoms with van der Waals surface area (Å²) in [5.74, 6) is 0.260. The van der Waals surface area contributed by atoms with Crippen LogP contribution in [0.25, 0.3) is 0 Å². The summed E-state index contributed by atoms with van der Waals surface area (Å²) in [4.78, 5) is 33.0. The van der Waals surface area contributed by atoms with E-state index in [1.54, 1.807) is 36.3 Å². The maximum absolute atomic E-state index is 13.6. The number of aliphatic imine (C=N–C) groups is 1. The summed E-state index contributed by atoms with van der Waals surface area (Å²) in [7, 11) is 1.60. The second-order valence-electron chi connectivity index (χ2n) is 9.41. The number of aryl methyl sites for hydroxylation is 1. The lowest BCUT2D eigenvalue weighted by Crippen LogP contribution is -2.33. The van der Waals surface area contributed by atoms with E-state index in [1.165, 1.54) is 11.8 Å². The van der Waals surface area contributed by atoms with Crippen LogP contribution in [0.4, 0.5) is 22.7 Å². The monoisotopic (exact) mass is 563 g/mol. The molecule has 1 unspecified atom stereocenters. The Labute approximate surface area is 243 Å². The smallest absolute Gasteiger partial charge is 0.242 e. The molecule has 8 nitrogen and oxygen atoms in total. The van der Waals surface area contributed by atoms with Crippen LogP contribution in [0.3, 0.4) is 0 Å². The van der Waals surface area contributed by atoms with Crippen LogP contribution in [0.1, 0.15) is 17.5 Å². The molecule has 5 rings (SSSR count). The number of anilines is 1. The van der Waals surface area contributed by atoms with Crippen LogP contribution in [-0.4, -0.2) is 34.2 Å². The number of nitrogens with one attached hydrogen (secondary N) is 1. The molecule has 1 fully saturated rings. The molecule has 1 aliphatic heterocycles. The number of ether oxygens (including phenoxy) is 1. The number of amidine groups is 1. The molecule has 1 heterocycles. The number of rotatable bonds is 9. The van der Waals surface area contributed by atoms with Crippen molar-refractivity contribution >= 4 is 51.5 Å². The van der Waals surface area contributed by atoms with Gasteiger partial charge in [-0.05, 0) is 67.1 Å². The first kappa shape index (κ1) is 27.8. The third-order valence-electron chi connectivity index (χ3n) is 6.33. The Hall–Kier alpha value is -4.76. The van der Waals surface area contributed by atoms with Crippen molar-refractivity contribution in [1.82, 2.24) is 4.90 Å². The molecular formula is C32H29N5O3S. The van der Waals surface area contributed by atoms with Crippen LogP contribution in [0.15, 0.2) is 118 Å². The molecule has 206 valence electrons. The number of azo groups is 1. The topological polar surface area (TPSA) is 95.7 Å². The Balaban J connectivity index is 1.28. The summed E-state index contributed by atoms with van der Waals surface area (Å²) in [6, 6.07) is 31.9. The molecule has 0 radical (unpaired) electrons. The van der Waals surface area contributed by atoms with Crippen LogP contribution in [0, 0.1) is 6.92 Å². The minimum Gasteiger partial charge on any atom is -0.496 e. The lowest BCUT2D eigenvalue weighted by atomic mass is 10.1. The normalized spacial score (nSPS) is 16.0. The molecule has 0 aromatic heterocycles. The first-order valence-corrected chi connectivity index (χ1v) is 14.0. The van der Waals surface area contributed by atoms with Crippen LogP contribution in [-0.2, 0) is 16.1 Å². The predicted molar refractivity (Wildman–Crippen MR) is 164 cm³/mol. The molecule has 4 aromatic carbocycles. The average Bonchev–Trinajstić information content (AvgIpc) is 3.26. The van der Waals surface area contributed by atoms with Crippen LogP contribution in [0.5, 0.6) is 5.75 Å². The SMILES string of the molecule is COc1ccccc1CN1C(=O)C(CC(=O)Nc2ccc(N=Nc3ccccc3)cc2)SC1=Nc1cccc(C)c1. The number of para-hydroxylation sites is 1. The van der Waals surface area contributed by atoms with Gasteiger partial charge in [0.1, 0.15) is 11.0 Å². The van der Waals surface area contributed by atoms with Gasteiger partial charge in [0.15, 0.2) is 5.17 Å². The van der Waals surface area contributed by atoms with E-state index in [-0.39, 0.29) is 24.8 Å². The van der Waals surface area contributed by atoms with E-state index >= 15 is 0 Å². The molecule has 2 amide bonds. The summed E-state index contributed by atoms with van der Waals surface area (Å²) in [5.41, 5.74) is 4.71. The standard InChI is InChI=1S/C32H29N5O3S/c1-22-9-8-13-27(19-22)34-32-37(21-23-10-6-7-14-28(23)40-2)31(39)29(41-32)20-30(38)33-24-15-17-26(18-16-24)36-35-25-11-4-3-5-12-25/h3-19,29H,20-21H2,1-2H3,(H,33,38). The fourth-order valence-electron chi connectivity index (χ4n) is 4.28. The zero-order chi connectivity index (χ0) is 28.6. The number of carbonyl (C=O) groups excluding carboxylic acids is 2. The van der Waals surface area contributed by atoms with Crippen molar-refractivity contribution in [1.29, 1.82) is 0 Å². The number of nitrogens with zero attached hydrogens (tertiary/aromatic N) is 4. The second-order valence-corrected chi connectivity index (χ2v) is 10.6. The summed E-state index contributed by atoms with van der Waals surface area (Å²) >= 11 is 1.30. The predicted octanol–water partition coefficient (Wildman–Crippen LogP) is 7.58. The van der Waals surface area contributed by atoms with Gasteiger partial charge in [-0.2, -0.15) is 10.2 Å².